The van der Waals surface area contributed by atoms with Gasteiger partial charge in [-0.3, -0.25) is 4.79 Å². The molecule has 2 heterocycles. The van der Waals surface area contributed by atoms with Crippen LogP contribution in [0, 0.1) is 0 Å². The fraction of sp³-hybridized carbons (Fsp3) is 0.706. The molecule has 0 aromatic carbocycles. The summed E-state index contributed by atoms with van der Waals surface area (Å²) in [6, 6.07) is 2.16. The third-order valence-corrected chi connectivity index (χ3v) is 4.44. The lowest BCUT2D eigenvalue weighted by Gasteiger charge is -2.35. The summed E-state index contributed by atoms with van der Waals surface area (Å²) in [5.41, 5.74) is 6.38. The van der Waals surface area contributed by atoms with Crippen LogP contribution in [0.5, 0.6) is 0 Å². The average Bonchev–Trinajstić information content (AvgIpc) is 2.55. The van der Waals surface area contributed by atoms with Crippen LogP contribution in [0.1, 0.15) is 52.1 Å². The third kappa shape index (κ3) is 4.64. The molecule has 0 spiro atoms. The van der Waals surface area contributed by atoms with Gasteiger partial charge in [-0.2, -0.15) is 0 Å². The topological polar surface area (TPSA) is 84.1 Å². The summed E-state index contributed by atoms with van der Waals surface area (Å²) in [5, 5.41) is 3.12. The van der Waals surface area contributed by atoms with Gasteiger partial charge in [0.25, 0.3) is 0 Å². The fourth-order valence-corrected chi connectivity index (χ4v) is 3.04. The number of carbonyl (C=O) groups excluding carboxylic acids is 1. The van der Waals surface area contributed by atoms with Crippen LogP contribution < -0.4 is 16.0 Å². The largest absolute Gasteiger partial charge is 0.354 e. The average molecular weight is 319 g/mol. The number of rotatable bonds is 6. The monoisotopic (exact) mass is 319 g/mol. The number of nitrogens with zero attached hydrogens (tertiary/aromatic N) is 3. The first-order valence-electron chi connectivity index (χ1n) is 8.62. The number of amides is 1. The van der Waals surface area contributed by atoms with Crippen molar-refractivity contribution in [3.8, 4) is 0 Å². The Morgan fingerprint density at radius 2 is 2.26 bits per heavy atom. The van der Waals surface area contributed by atoms with Crippen LogP contribution in [-0.2, 0) is 11.2 Å². The molecule has 1 saturated heterocycles. The van der Waals surface area contributed by atoms with Gasteiger partial charge >= 0.3 is 0 Å². The van der Waals surface area contributed by atoms with Crippen LogP contribution >= 0.6 is 0 Å². The molecule has 1 amide bonds. The highest BCUT2D eigenvalue weighted by Gasteiger charge is 2.30. The van der Waals surface area contributed by atoms with Crippen LogP contribution in [0.15, 0.2) is 12.4 Å². The summed E-state index contributed by atoms with van der Waals surface area (Å²) < 4.78 is 0. The Bertz CT molecular complexity index is 531. The fourth-order valence-electron chi connectivity index (χ4n) is 3.04. The summed E-state index contributed by atoms with van der Waals surface area (Å²) in [6.45, 7) is 7.67. The first kappa shape index (κ1) is 17.7. The van der Waals surface area contributed by atoms with Crippen molar-refractivity contribution in [2.75, 3.05) is 18.0 Å². The van der Waals surface area contributed by atoms with Crippen LogP contribution in [0.3, 0.4) is 0 Å². The summed E-state index contributed by atoms with van der Waals surface area (Å²) in [6.07, 6.45) is 6.13. The highest BCUT2D eigenvalue weighted by atomic mass is 16.2. The van der Waals surface area contributed by atoms with E-state index < -0.39 is 5.54 Å². The zero-order valence-electron chi connectivity index (χ0n) is 14.5. The van der Waals surface area contributed by atoms with Crippen molar-refractivity contribution >= 4 is 11.7 Å². The summed E-state index contributed by atoms with van der Waals surface area (Å²) in [7, 11) is 0. The number of nitrogens with two attached hydrogens (primary N) is 1. The smallest absolute Gasteiger partial charge is 0.240 e. The van der Waals surface area contributed by atoms with E-state index in [-0.39, 0.29) is 11.9 Å². The Morgan fingerprint density at radius 3 is 2.96 bits per heavy atom. The van der Waals surface area contributed by atoms with Gasteiger partial charge in [0.2, 0.25) is 5.91 Å². The van der Waals surface area contributed by atoms with Crippen molar-refractivity contribution in [2.24, 2.45) is 5.73 Å². The molecule has 128 valence electrons. The highest BCUT2D eigenvalue weighted by Crippen LogP contribution is 2.19. The number of hydrogen-bond donors (Lipinski definition) is 2. The van der Waals surface area contributed by atoms with Gasteiger partial charge in [0.15, 0.2) is 0 Å². The number of piperidine rings is 1. The normalized spacial score (nSPS) is 20.9. The quantitative estimate of drug-likeness (QED) is 0.833. The SMILES string of the molecule is CCCC(C)(N)C(=O)NC1CCCN(c2cc(CC)ncn2)C1. The summed E-state index contributed by atoms with van der Waals surface area (Å²) in [5.74, 6) is 0.892. The molecule has 2 rings (SSSR count). The van der Waals surface area contributed by atoms with Crippen molar-refractivity contribution in [2.45, 2.75) is 64.5 Å². The molecule has 2 unspecified atom stereocenters. The van der Waals surface area contributed by atoms with Gasteiger partial charge < -0.3 is 16.0 Å². The first-order chi connectivity index (χ1) is 11.0. The second-order valence-corrected chi connectivity index (χ2v) is 6.65. The zero-order valence-corrected chi connectivity index (χ0v) is 14.5. The van der Waals surface area contributed by atoms with Gasteiger partial charge in [-0.25, -0.2) is 9.97 Å². The molecule has 6 nitrogen and oxygen atoms in total. The zero-order chi connectivity index (χ0) is 16.9. The molecular formula is C17H29N5O. The standard InChI is InChI=1S/C17H29N5O/c1-4-8-17(3,18)16(23)21-14-7-6-9-22(11-14)15-10-13(5-2)19-12-20-15/h10,12,14H,4-9,11,18H2,1-3H3,(H,21,23). The Hall–Kier alpha value is -1.69. The van der Waals surface area contributed by atoms with E-state index in [1.807, 2.05) is 19.9 Å². The Morgan fingerprint density at radius 1 is 1.48 bits per heavy atom. The summed E-state index contributed by atoms with van der Waals surface area (Å²) >= 11 is 0. The van der Waals surface area contributed by atoms with Crippen molar-refractivity contribution in [3.05, 3.63) is 18.1 Å². The van der Waals surface area contributed by atoms with Crippen LogP contribution in [0.2, 0.25) is 0 Å². The molecule has 1 aliphatic rings. The van der Waals surface area contributed by atoms with Gasteiger partial charge in [0, 0.05) is 30.9 Å². The van der Waals surface area contributed by atoms with Gasteiger partial charge in [0.05, 0.1) is 5.54 Å². The van der Waals surface area contributed by atoms with Crippen molar-refractivity contribution in [1.29, 1.82) is 0 Å². The van der Waals surface area contributed by atoms with E-state index in [0.29, 0.717) is 6.42 Å². The molecule has 6 heteroatoms. The molecule has 0 saturated carbocycles. The van der Waals surface area contributed by atoms with E-state index >= 15 is 0 Å². The number of hydrogen-bond acceptors (Lipinski definition) is 5. The van der Waals surface area contributed by atoms with Crippen molar-refractivity contribution in [3.63, 3.8) is 0 Å². The maximum Gasteiger partial charge on any atom is 0.240 e. The second kappa shape index (κ2) is 7.73. The van der Waals surface area contributed by atoms with E-state index in [9.17, 15) is 4.79 Å². The molecule has 23 heavy (non-hydrogen) atoms. The molecule has 1 aromatic heterocycles. The van der Waals surface area contributed by atoms with Crippen molar-refractivity contribution in [1.82, 2.24) is 15.3 Å². The Labute approximate surface area is 138 Å². The van der Waals surface area contributed by atoms with Gasteiger partial charge in [-0.05, 0) is 32.6 Å². The predicted molar refractivity (Wildman–Crippen MR) is 92.3 cm³/mol. The molecule has 2 atom stereocenters. The Kier molecular flexibility index (Phi) is 5.93. The van der Waals surface area contributed by atoms with Gasteiger partial charge in [0.1, 0.15) is 12.1 Å². The van der Waals surface area contributed by atoms with E-state index in [1.165, 1.54) is 0 Å². The lowest BCUT2D eigenvalue weighted by molar-refractivity contribution is -0.126. The summed E-state index contributed by atoms with van der Waals surface area (Å²) in [4.78, 5) is 23.2. The molecule has 1 fully saturated rings. The minimum absolute atomic E-state index is 0.0527. The number of aryl methyl sites for hydroxylation is 1. The van der Waals surface area contributed by atoms with E-state index in [2.05, 4.69) is 27.1 Å². The van der Waals surface area contributed by atoms with Crippen LogP contribution in [0.25, 0.3) is 0 Å². The van der Waals surface area contributed by atoms with E-state index in [1.54, 1.807) is 6.33 Å². The van der Waals surface area contributed by atoms with E-state index in [0.717, 1.165) is 50.3 Å². The third-order valence-electron chi connectivity index (χ3n) is 4.44. The minimum Gasteiger partial charge on any atom is -0.354 e. The van der Waals surface area contributed by atoms with Crippen LogP contribution in [0.4, 0.5) is 5.82 Å². The van der Waals surface area contributed by atoms with Crippen LogP contribution in [-0.4, -0.2) is 40.5 Å². The maximum atomic E-state index is 12.4. The number of anilines is 1. The number of nitrogens with one attached hydrogen (secondary N) is 1. The first-order valence-corrected chi connectivity index (χ1v) is 8.62. The molecule has 1 aromatic rings. The number of carbonyl (C=O) groups is 1. The second-order valence-electron chi connectivity index (χ2n) is 6.65. The molecule has 0 aliphatic carbocycles. The van der Waals surface area contributed by atoms with Gasteiger partial charge in [-0.1, -0.05) is 20.3 Å². The lowest BCUT2D eigenvalue weighted by atomic mass is 9.95. The molecule has 0 radical (unpaired) electrons. The maximum absolute atomic E-state index is 12.4. The molecular weight excluding hydrogens is 290 g/mol. The predicted octanol–water partition coefficient (Wildman–Crippen LogP) is 1.64. The molecule has 1 aliphatic heterocycles. The van der Waals surface area contributed by atoms with Crippen molar-refractivity contribution < 1.29 is 4.79 Å². The highest BCUT2D eigenvalue weighted by molar-refractivity contribution is 5.85. The minimum atomic E-state index is -0.790. The van der Waals surface area contributed by atoms with Gasteiger partial charge in [-0.15, -0.1) is 0 Å². The Balaban J connectivity index is 1.99. The lowest BCUT2D eigenvalue weighted by Crippen LogP contribution is -2.57. The molecule has 3 N–H and O–H groups in total. The number of aromatic nitrogens is 2. The molecule has 0 bridgehead atoms. The van der Waals surface area contributed by atoms with E-state index in [4.69, 9.17) is 5.73 Å².